The Kier molecular flexibility index (Phi) is 9.44. The lowest BCUT2D eigenvalue weighted by Gasteiger charge is -2.29. The average molecular weight is 583 g/mol. The van der Waals surface area contributed by atoms with Gasteiger partial charge in [-0.25, -0.2) is 13.4 Å². The molecule has 5 rings (SSSR count). The lowest BCUT2D eigenvalue weighted by Crippen LogP contribution is -2.43. The van der Waals surface area contributed by atoms with E-state index in [0.717, 1.165) is 62.0 Å². The maximum atomic E-state index is 12.8. The van der Waals surface area contributed by atoms with Gasteiger partial charge in [-0.05, 0) is 82.3 Å². The number of sulfone groups is 1. The molecule has 1 amide bonds. The summed E-state index contributed by atoms with van der Waals surface area (Å²) < 4.78 is 30.7. The van der Waals surface area contributed by atoms with E-state index in [1.165, 1.54) is 19.1 Å². The Labute approximate surface area is 242 Å². The third kappa shape index (κ3) is 7.56. The van der Waals surface area contributed by atoms with Gasteiger partial charge in [0.15, 0.2) is 0 Å². The van der Waals surface area contributed by atoms with Gasteiger partial charge in [-0.15, -0.1) is 0 Å². The first-order valence-corrected chi connectivity index (χ1v) is 16.9. The van der Waals surface area contributed by atoms with Crippen LogP contribution in [0.2, 0.25) is 0 Å². The summed E-state index contributed by atoms with van der Waals surface area (Å²) in [7, 11) is -3.01. The molecular formula is C30H42N6O4S. The number of amides is 1. The van der Waals surface area contributed by atoms with Gasteiger partial charge in [-0.1, -0.05) is 13.0 Å². The molecule has 10 nitrogen and oxygen atoms in total. The van der Waals surface area contributed by atoms with E-state index in [1.807, 2.05) is 41.1 Å². The van der Waals surface area contributed by atoms with Crippen LogP contribution in [0.25, 0.3) is 16.7 Å². The summed E-state index contributed by atoms with van der Waals surface area (Å²) in [6.45, 7) is 5.47. The predicted molar refractivity (Wildman–Crippen MR) is 161 cm³/mol. The maximum Gasteiger partial charge on any atom is 0.224 e. The molecule has 0 radical (unpaired) electrons. The molecular weight excluding hydrogens is 540 g/mol. The summed E-state index contributed by atoms with van der Waals surface area (Å²) in [6.07, 6.45) is 11.3. The largest absolute Gasteiger partial charge is 0.493 e. The molecule has 0 spiro atoms. The number of hydrogen-bond donors (Lipinski definition) is 2. The number of nitrogens with zero attached hydrogens (tertiary/aromatic N) is 4. The monoisotopic (exact) mass is 582 g/mol. The lowest BCUT2D eigenvalue weighted by molar-refractivity contribution is -0.126. The van der Waals surface area contributed by atoms with E-state index in [1.54, 1.807) is 6.20 Å². The molecule has 1 aromatic carbocycles. The van der Waals surface area contributed by atoms with Crippen LogP contribution in [-0.2, 0) is 14.6 Å². The molecule has 1 atom stereocenters. The van der Waals surface area contributed by atoms with Crippen molar-refractivity contribution >= 4 is 32.6 Å². The second kappa shape index (κ2) is 13.2. The number of fused-ring (bicyclic) bond motifs is 1. The van der Waals surface area contributed by atoms with Crippen molar-refractivity contribution in [2.24, 2.45) is 5.92 Å². The molecule has 222 valence electrons. The minimum Gasteiger partial charge on any atom is -0.493 e. The van der Waals surface area contributed by atoms with Gasteiger partial charge < -0.3 is 19.9 Å². The zero-order valence-corrected chi connectivity index (χ0v) is 24.9. The van der Waals surface area contributed by atoms with Crippen molar-refractivity contribution in [3.63, 3.8) is 0 Å². The van der Waals surface area contributed by atoms with Crippen LogP contribution in [0.1, 0.15) is 51.9 Å². The summed E-state index contributed by atoms with van der Waals surface area (Å²) in [5.41, 5.74) is 0.946. The number of likely N-dealkylation sites (tertiary alicyclic amines) is 1. The fourth-order valence-corrected chi connectivity index (χ4v) is 6.75. The van der Waals surface area contributed by atoms with Gasteiger partial charge in [0, 0.05) is 48.6 Å². The summed E-state index contributed by atoms with van der Waals surface area (Å²) in [4.78, 5) is 24.5. The number of carbonyl (C=O) groups is 1. The Hall–Kier alpha value is -3.18. The average Bonchev–Trinajstić information content (AvgIpc) is 3.61. The number of benzene rings is 1. The van der Waals surface area contributed by atoms with Crippen LogP contribution >= 0.6 is 0 Å². The maximum absolute atomic E-state index is 12.8. The fraction of sp³-hybridized carbons (Fsp3) is 0.567. The van der Waals surface area contributed by atoms with E-state index in [9.17, 15) is 13.2 Å². The highest BCUT2D eigenvalue weighted by atomic mass is 32.2. The van der Waals surface area contributed by atoms with Crippen LogP contribution in [-0.4, -0.2) is 84.1 Å². The Morgan fingerprint density at radius 2 is 1.95 bits per heavy atom. The molecule has 41 heavy (non-hydrogen) atoms. The van der Waals surface area contributed by atoms with Crippen molar-refractivity contribution in [2.75, 3.05) is 43.6 Å². The van der Waals surface area contributed by atoms with Gasteiger partial charge in [0.25, 0.3) is 0 Å². The van der Waals surface area contributed by atoms with Crippen molar-refractivity contribution in [2.45, 2.75) is 64.0 Å². The van der Waals surface area contributed by atoms with Gasteiger partial charge in [0.1, 0.15) is 21.4 Å². The highest BCUT2D eigenvalue weighted by molar-refractivity contribution is 7.90. The third-order valence-corrected chi connectivity index (χ3v) is 9.38. The highest BCUT2D eigenvalue weighted by Gasteiger charge is 2.28. The molecule has 3 heterocycles. The molecule has 11 heteroatoms. The summed E-state index contributed by atoms with van der Waals surface area (Å²) in [5.74, 6) is 2.41. The van der Waals surface area contributed by atoms with Crippen LogP contribution in [0.4, 0.5) is 5.95 Å². The van der Waals surface area contributed by atoms with E-state index in [4.69, 9.17) is 9.72 Å². The SMILES string of the molecule is CCN1CCCC1CNC(=O)[C@H]1CC[C@H](Nc2nccc(-n3ccc4c(OCCCS(C)(=O)=O)cccc43)n2)CC1. The number of nitrogens with one attached hydrogen (secondary N) is 2. The van der Waals surface area contributed by atoms with Crippen molar-refractivity contribution in [3.05, 3.63) is 42.7 Å². The van der Waals surface area contributed by atoms with Crippen LogP contribution < -0.4 is 15.4 Å². The number of likely N-dealkylation sites (N-methyl/N-ethyl adjacent to an activating group) is 1. The number of aromatic nitrogens is 3. The van der Waals surface area contributed by atoms with Crippen molar-refractivity contribution < 1.29 is 17.9 Å². The fourth-order valence-electron chi connectivity index (χ4n) is 6.11. The summed E-state index contributed by atoms with van der Waals surface area (Å²) in [6, 6.07) is 10.4. The van der Waals surface area contributed by atoms with Crippen molar-refractivity contribution in [3.8, 4) is 11.6 Å². The minimum absolute atomic E-state index is 0.0748. The number of hydrogen-bond acceptors (Lipinski definition) is 8. The molecule has 2 fully saturated rings. The van der Waals surface area contributed by atoms with Crippen LogP contribution in [0.5, 0.6) is 5.75 Å². The van der Waals surface area contributed by atoms with Crippen molar-refractivity contribution in [1.82, 2.24) is 24.8 Å². The molecule has 1 unspecified atom stereocenters. The highest BCUT2D eigenvalue weighted by Crippen LogP contribution is 2.30. The Balaban J connectivity index is 1.15. The standard InChI is InChI=1S/C30H42N6O4S/c1-3-35-17-5-7-24(35)21-32-29(37)22-10-12-23(13-11-22)33-30-31-16-14-28(34-30)36-18-15-25-26(36)8-4-9-27(25)40-19-6-20-41(2,38)39/h4,8-9,14-16,18,22-24H,3,5-7,10-13,17,19-21H2,1-2H3,(H,32,37)(H,31,33,34)/t22-,23-,24?. The quantitative estimate of drug-likeness (QED) is 0.310. The molecule has 1 aliphatic carbocycles. The summed E-state index contributed by atoms with van der Waals surface area (Å²) >= 11 is 0. The van der Waals surface area contributed by atoms with Gasteiger partial charge in [0.2, 0.25) is 11.9 Å². The number of rotatable bonds is 12. The van der Waals surface area contributed by atoms with Gasteiger partial charge in [-0.3, -0.25) is 9.69 Å². The number of ether oxygens (including phenoxy) is 1. The topological polar surface area (TPSA) is 118 Å². The smallest absolute Gasteiger partial charge is 0.224 e. The number of carbonyl (C=O) groups excluding carboxylic acids is 1. The molecule has 1 saturated heterocycles. The molecule has 2 aromatic heterocycles. The molecule has 3 aromatic rings. The summed E-state index contributed by atoms with van der Waals surface area (Å²) in [5, 5.41) is 7.65. The second-order valence-electron chi connectivity index (χ2n) is 11.3. The van der Waals surface area contributed by atoms with Gasteiger partial charge >= 0.3 is 0 Å². The van der Waals surface area contributed by atoms with Crippen LogP contribution in [0.15, 0.2) is 42.7 Å². The third-order valence-electron chi connectivity index (χ3n) is 8.35. The minimum atomic E-state index is -3.01. The first-order valence-electron chi connectivity index (χ1n) is 14.8. The van der Waals surface area contributed by atoms with Crippen LogP contribution in [0, 0.1) is 5.92 Å². The molecule has 1 aliphatic heterocycles. The van der Waals surface area contributed by atoms with E-state index in [-0.39, 0.29) is 23.6 Å². The lowest BCUT2D eigenvalue weighted by atomic mass is 9.85. The first kappa shape index (κ1) is 29.3. The van der Waals surface area contributed by atoms with E-state index < -0.39 is 9.84 Å². The zero-order chi connectivity index (χ0) is 28.8. The van der Waals surface area contributed by atoms with Gasteiger partial charge in [0.05, 0.1) is 17.9 Å². The second-order valence-corrected chi connectivity index (χ2v) is 13.6. The van der Waals surface area contributed by atoms with Gasteiger partial charge in [-0.2, -0.15) is 4.98 Å². The molecule has 2 aliphatic rings. The van der Waals surface area contributed by atoms with Crippen LogP contribution in [0.3, 0.4) is 0 Å². The number of anilines is 1. The molecule has 1 saturated carbocycles. The molecule has 0 bridgehead atoms. The predicted octanol–water partition coefficient (Wildman–Crippen LogP) is 3.81. The van der Waals surface area contributed by atoms with E-state index in [2.05, 4.69) is 27.4 Å². The Bertz CT molecular complexity index is 1430. The normalized spacial score (nSPS) is 21.7. The zero-order valence-electron chi connectivity index (χ0n) is 24.1. The van der Waals surface area contributed by atoms with Crippen molar-refractivity contribution in [1.29, 1.82) is 0 Å². The Morgan fingerprint density at radius 1 is 1.12 bits per heavy atom. The Morgan fingerprint density at radius 3 is 2.73 bits per heavy atom. The first-order chi connectivity index (χ1) is 19.8. The van der Waals surface area contributed by atoms with E-state index >= 15 is 0 Å². The van der Waals surface area contributed by atoms with E-state index in [0.29, 0.717) is 30.8 Å². The molecule has 2 N–H and O–H groups in total.